The molecule has 0 bridgehead atoms. The van der Waals surface area contributed by atoms with Gasteiger partial charge in [0.1, 0.15) is 5.75 Å². The van der Waals surface area contributed by atoms with Crippen molar-refractivity contribution in [3.8, 4) is 5.75 Å². The largest absolute Gasteiger partial charge is 0.508 e. The van der Waals surface area contributed by atoms with Gasteiger partial charge in [-0.1, -0.05) is 33.8 Å². The first-order valence-corrected chi connectivity index (χ1v) is 9.98. The first-order chi connectivity index (χ1) is 12.5. The van der Waals surface area contributed by atoms with Crippen LogP contribution in [0.4, 0.5) is 17.1 Å². The number of hydrogen-bond acceptors (Lipinski definition) is 5. The lowest BCUT2D eigenvalue weighted by Gasteiger charge is -2.11. The summed E-state index contributed by atoms with van der Waals surface area (Å²) in [6, 6.07) is 6.59. The highest BCUT2D eigenvalue weighted by molar-refractivity contribution is 7.79. The molecule has 1 unspecified atom stereocenters. The number of benzene rings is 2. The van der Waals surface area contributed by atoms with Crippen LogP contribution in [0.2, 0.25) is 0 Å². The Kier molecular flexibility index (Phi) is 10.5. The van der Waals surface area contributed by atoms with E-state index in [1.54, 1.807) is 19.1 Å². The fraction of sp³-hybridized carbons (Fsp3) is 0.400. The predicted molar refractivity (Wildman–Crippen MR) is 116 cm³/mol. The van der Waals surface area contributed by atoms with Gasteiger partial charge in [-0.2, -0.15) is 0 Å². The summed E-state index contributed by atoms with van der Waals surface area (Å²) in [6.45, 7) is 11.8. The van der Waals surface area contributed by atoms with E-state index in [0.29, 0.717) is 27.9 Å². The molecule has 0 radical (unpaired) electrons. The van der Waals surface area contributed by atoms with E-state index in [1.807, 2.05) is 26.8 Å². The molecule has 0 aliphatic rings. The zero-order valence-electron chi connectivity index (χ0n) is 17.0. The molecular weight excluding hydrogens is 362 g/mol. The summed E-state index contributed by atoms with van der Waals surface area (Å²) >= 11 is -1.96. The maximum Gasteiger partial charge on any atom is 0.186 e. The van der Waals surface area contributed by atoms with E-state index in [-0.39, 0.29) is 5.75 Å². The summed E-state index contributed by atoms with van der Waals surface area (Å²) in [5.74, 6) is 0.641. The van der Waals surface area contributed by atoms with Crippen molar-refractivity contribution in [1.82, 2.24) is 0 Å². The molecule has 152 valence electrons. The van der Waals surface area contributed by atoms with Gasteiger partial charge in [-0.3, -0.25) is 0 Å². The average molecular weight is 396 g/mol. The Morgan fingerprint density at radius 3 is 1.89 bits per heavy atom. The molecule has 0 spiro atoms. The molecule has 0 heterocycles. The van der Waals surface area contributed by atoms with Gasteiger partial charge < -0.3 is 26.9 Å². The van der Waals surface area contributed by atoms with Gasteiger partial charge in [-0.05, 0) is 55.0 Å². The summed E-state index contributed by atoms with van der Waals surface area (Å²) in [5, 5.41) is 9.09. The number of rotatable bonds is 3. The van der Waals surface area contributed by atoms with Crippen molar-refractivity contribution >= 4 is 28.1 Å². The Morgan fingerprint density at radius 2 is 1.44 bits per heavy atom. The van der Waals surface area contributed by atoms with Gasteiger partial charge in [0.25, 0.3) is 0 Å². The van der Waals surface area contributed by atoms with Crippen LogP contribution in [0.5, 0.6) is 5.75 Å². The van der Waals surface area contributed by atoms with E-state index in [9.17, 15) is 4.21 Å². The number of anilines is 3. The van der Waals surface area contributed by atoms with Crippen LogP contribution in [-0.4, -0.2) is 13.9 Å². The SMILES string of the molecule is CC.Cc1cc(CC(C)C)c(S(=O)O)cc1N.Cc1cc(N)c(N)cc1O. The van der Waals surface area contributed by atoms with Crippen LogP contribution >= 0.6 is 0 Å². The van der Waals surface area contributed by atoms with Crippen LogP contribution in [0.3, 0.4) is 0 Å². The van der Waals surface area contributed by atoms with Crippen LogP contribution in [0.25, 0.3) is 0 Å². The highest BCUT2D eigenvalue weighted by Gasteiger charge is 2.11. The van der Waals surface area contributed by atoms with Crippen molar-refractivity contribution in [2.24, 2.45) is 5.92 Å². The van der Waals surface area contributed by atoms with Crippen molar-refractivity contribution in [2.75, 3.05) is 17.2 Å². The third kappa shape index (κ3) is 7.88. The van der Waals surface area contributed by atoms with Crippen LogP contribution in [-0.2, 0) is 17.5 Å². The Balaban J connectivity index is 0.000000488. The molecule has 2 rings (SSSR count). The summed E-state index contributed by atoms with van der Waals surface area (Å²) in [6.07, 6.45) is 0.794. The van der Waals surface area contributed by atoms with Gasteiger partial charge in [-0.15, -0.1) is 0 Å². The lowest BCUT2D eigenvalue weighted by molar-refractivity contribution is 0.471. The lowest BCUT2D eigenvalue weighted by atomic mass is 10.0. The minimum atomic E-state index is -1.96. The van der Waals surface area contributed by atoms with Gasteiger partial charge in [0, 0.05) is 11.8 Å². The molecule has 7 heteroatoms. The van der Waals surface area contributed by atoms with E-state index >= 15 is 0 Å². The molecule has 1 atom stereocenters. The monoisotopic (exact) mass is 395 g/mol. The van der Waals surface area contributed by atoms with E-state index in [1.165, 1.54) is 6.07 Å². The van der Waals surface area contributed by atoms with Crippen molar-refractivity contribution in [2.45, 2.75) is 52.9 Å². The first kappa shape index (κ1) is 24.8. The quantitative estimate of drug-likeness (QED) is 0.299. The maximum absolute atomic E-state index is 11.1. The molecule has 0 amide bonds. The topological polar surface area (TPSA) is 136 Å². The average Bonchev–Trinajstić information content (AvgIpc) is 2.58. The molecule has 27 heavy (non-hydrogen) atoms. The van der Waals surface area contributed by atoms with Crippen molar-refractivity contribution in [1.29, 1.82) is 0 Å². The highest BCUT2D eigenvalue weighted by atomic mass is 32.2. The standard InChI is InChI=1S/C11H17NO2S.C7H10N2O.C2H6/c1-7(2)4-9-5-8(3)10(12)6-11(9)15(13)14;1-4-2-5(8)6(9)3-7(4)10;1-2/h5-7H,4,12H2,1-3H3,(H,13,14);2-3,10H,8-9H2,1H3;1-2H3. The number of phenols is 1. The molecule has 0 fully saturated rings. The summed E-state index contributed by atoms with van der Waals surface area (Å²) < 4.78 is 20.3. The van der Waals surface area contributed by atoms with Crippen molar-refractivity contribution < 1.29 is 13.9 Å². The Bertz CT molecular complexity index is 727. The molecule has 0 aliphatic carbocycles. The molecule has 0 aliphatic heterocycles. The molecular formula is C20H33N3O3S. The Morgan fingerprint density at radius 1 is 0.926 bits per heavy atom. The molecule has 2 aromatic rings. The van der Waals surface area contributed by atoms with Crippen molar-refractivity contribution in [3.05, 3.63) is 41.0 Å². The number of nitrogens with two attached hydrogens (primary N) is 3. The second-order valence-corrected chi connectivity index (χ2v) is 7.37. The van der Waals surface area contributed by atoms with Crippen molar-refractivity contribution in [3.63, 3.8) is 0 Å². The van der Waals surface area contributed by atoms with E-state index in [2.05, 4.69) is 13.8 Å². The second-order valence-electron chi connectivity index (χ2n) is 6.43. The number of aromatic hydroxyl groups is 1. The second kappa shape index (κ2) is 11.5. The van der Waals surface area contributed by atoms with E-state index in [0.717, 1.165) is 23.1 Å². The van der Waals surface area contributed by atoms with Crippen LogP contribution < -0.4 is 17.2 Å². The zero-order valence-corrected chi connectivity index (χ0v) is 17.9. The van der Waals surface area contributed by atoms with Crippen LogP contribution in [0.1, 0.15) is 44.4 Å². The number of nitrogen functional groups attached to an aromatic ring is 3. The van der Waals surface area contributed by atoms with Gasteiger partial charge >= 0.3 is 0 Å². The summed E-state index contributed by atoms with van der Waals surface area (Å²) in [7, 11) is 0. The van der Waals surface area contributed by atoms with Gasteiger partial charge in [0.05, 0.1) is 16.3 Å². The Labute approximate surface area is 165 Å². The summed E-state index contributed by atoms with van der Waals surface area (Å²) in [4.78, 5) is 0.437. The minimum Gasteiger partial charge on any atom is -0.508 e. The first-order valence-electron chi connectivity index (χ1n) is 8.87. The number of hydrogen-bond donors (Lipinski definition) is 5. The number of aryl methyl sites for hydroxylation is 2. The predicted octanol–water partition coefficient (Wildman–Crippen LogP) is 4.25. The maximum atomic E-state index is 11.1. The van der Waals surface area contributed by atoms with E-state index in [4.69, 9.17) is 26.9 Å². The fourth-order valence-electron chi connectivity index (χ4n) is 2.26. The van der Waals surface area contributed by atoms with E-state index < -0.39 is 11.1 Å². The lowest BCUT2D eigenvalue weighted by Crippen LogP contribution is -2.04. The van der Waals surface area contributed by atoms with Crippen LogP contribution in [0, 0.1) is 19.8 Å². The number of phenolic OH excluding ortho intramolecular Hbond substituents is 1. The van der Waals surface area contributed by atoms with Gasteiger partial charge in [-0.25, -0.2) is 4.21 Å². The fourth-order valence-corrected chi connectivity index (χ4v) is 2.85. The zero-order chi connectivity index (χ0) is 21.3. The highest BCUT2D eigenvalue weighted by Crippen LogP contribution is 2.25. The third-order valence-electron chi connectivity index (χ3n) is 3.67. The normalized spacial score (nSPS) is 11.1. The molecule has 2 aromatic carbocycles. The van der Waals surface area contributed by atoms with Gasteiger partial charge in [0.15, 0.2) is 11.1 Å². The molecule has 0 saturated heterocycles. The molecule has 8 N–H and O–H groups in total. The minimum absolute atomic E-state index is 0.187. The smallest absolute Gasteiger partial charge is 0.186 e. The summed E-state index contributed by atoms with van der Waals surface area (Å²) in [5.41, 5.74) is 20.7. The molecule has 0 aromatic heterocycles. The van der Waals surface area contributed by atoms with Crippen LogP contribution in [0.15, 0.2) is 29.2 Å². The molecule has 0 saturated carbocycles. The van der Waals surface area contributed by atoms with Gasteiger partial charge in [0.2, 0.25) is 0 Å². The molecule has 6 nitrogen and oxygen atoms in total. The third-order valence-corrected chi connectivity index (χ3v) is 4.42. The Hall–Kier alpha value is -2.25.